The third kappa shape index (κ3) is 7.47. The van der Waals surface area contributed by atoms with E-state index in [1.807, 2.05) is 0 Å². The van der Waals surface area contributed by atoms with Gasteiger partial charge in [0.25, 0.3) is 0 Å². The smallest absolute Gasteiger partial charge is 0.226 e. The molecule has 0 saturated carbocycles. The van der Waals surface area contributed by atoms with Gasteiger partial charge < -0.3 is 21.9 Å². The number of nitrogens with one attached hydrogen (secondary N) is 1. The van der Waals surface area contributed by atoms with E-state index >= 15 is 0 Å². The Labute approximate surface area is 183 Å². The van der Waals surface area contributed by atoms with E-state index in [-0.39, 0.29) is 37.0 Å². The number of Topliss-reactive ketones (excluding diaryl/α,β-unsaturated/α-hetero) is 2. The van der Waals surface area contributed by atoms with Crippen molar-refractivity contribution in [2.24, 2.45) is 23.3 Å². The number of hydrogen-bond donors (Lipinski definition) is 4. The van der Waals surface area contributed by atoms with Gasteiger partial charge in [0.2, 0.25) is 5.91 Å². The Kier molecular flexibility index (Phi) is 11.2. The Morgan fingerprint density at radius 2 is 1.67 bits per heavy atom. The van der Waals surface area contributed by atoms with Gasteiger partial charge in [-0.1, -0.05) is 43.6 Å². The lowest BCUT2D eigenvalue weighted by Crippen LogP contribution is -2.48. The quantitative estimate of drug-likeness (QED) is 0.370. The van der Waals surface area contributed by atoms with Crippen LogP contribution in [0.15, 0.2) is 24.3 Å². The van der Waals surface area contributed by atoms with Crippen LogP contribution >= 0.6 is 11.6 Å². The number of ketones is 2. The number of benzene rings is 1. The Balaban J connectivity index is 3.03. The predicted octanol–water partition coefficient (Wildman–Crippen LogP) is 1.79. The zero-order valence-electron chi connectivity index (χ0n) is 17.9. The summed E-state index contributed by atoms with van der Waals surface area (Å²) in [4.78, 5) is 38.3. The summed E-state index contributed by atoms with van der Waals surface area (Å²) in [6.07, 6.45) is -0.604. The molecule has 6 N–H and O–H groups in total. The molecular formula is C22H34ClN3O4. The summed E-state index contributed by atoms with van der Waals surface area (Å²) in [5.41, 5.74) is 11.9. The van der Waals surface area contributed by atoms with Crippen LogP contribution in [0.3, 0.4) is 0 Å². The summed E-state index contributed by atoms with van der Waals surface area (Å²) >= 11 is 6.26. The first kappa shape index (κ1) is 26.2. The maximum absolute atomic E-state index is 13.1. The molecule has 168 valence electrons. The van der Waals surface area contributed by atoms with Gasteiger partial charge in [-0.2, -0.15) is 0 Å². The zero-order chi connectivity index (χ0) is 22.8. The van der Waals surface area contributed by atoms with E-state index in [1.165, 1.54) is 6.92 Å². The fraction of sp³-hybridized carbons (Fsp3) is 0.591. The van der Waals surface area contributed by atoms with Crippen LogP contribution in [0.5, 0.6) is 0 Å². The molecule has 0 heterocycles. The first-order valence-electron chi connectivity index (χ1n) is 10.3. The molecule has 30 heavy (non-hydrogen) atoms. The average Bonchev–Trinajstić information content (AvgIpc) is 2.69. The number of aliphatic hydroxyl groups is 1. The summed E-state index contributed by atoms with van der Waals surface area (Å²) in [5.74, 6) is -2.77. The molecule has 0 radical (unpaired) electrons. The van der Waals surface area contributed by atoms with E-state index < -0.39 is 29.9 Å². The van der Waals surface area contributed by atoms with E-state index in [2.05, 4.69) is 5.32 Å². The minimum absolute atomic E-state index is 0.137. The molecule has 1 rings (SSSR count). The summed E-state index contributed by atoms with van der Waals surface area (Å²) in [5, 5.41) is 13.3. The van der Waals surface area contributed by atoms with Crippen molar-refractivity contribution < 1.29 is 19.5 Å². The van der Waals surface area contributed by atoms with Gasteiger partial charge in [-0.3, -0.25) is 14.4 Å². The normalized spacial score (nSPS) is 15.3. The monoisotopic (exact) mass is 439 g/mol. The third-order valence-corrected chi connectivity index (χ3v) is 5.49. The standard InChI is InChI=1S/C22H34ClN3O4/c1-13(2)21(29)19(9-11-25)26-22(30)17(14(3)27)12-20(28)16(8-10-24)15-6-4-5-7-18(15)23/h4-7,13-14,16-17,19,27H,8-12,24-25H2,1-3H3,(H,26,30)/t14?,16?,17-,19-/m0/s1. The highest BCUT2D eigenvalue weighted by molar-refractivity contribution is 6.31. The van der Waals surface area contributed by atoms with E-state index in [0.717, 1.165) is 0 Å². The number of carbonyl (C=O) groups excluding carboxylic acids is 3. The lowest BCUT2D eigenvalue weighted by Gasteiger charge is -2.25. The van der Waals surface area contributed by atoms with Crippen molar-refractivity contribution >= 4 is 29.1 Å². The number of rotatable bonds is 13. The van der Waals surface area contributed by atoms with Gasteiger partial charge >= 0.3 is 0 Å². The molecule has 8 heteroatoms. The van der Waals surface area contributed by atoms with Gasteiger partial charge in [0, 0.05) is 23.3 Å². The fourth-order valence-corrected chi connectivity index (χ4v) is 3.66. The number of nitrogens with two attached hydrogens (primary N) is 2. The van der Waals surface area contributed by atoms with Crippen molar-refractivity contribution in [3.05, 3.63) is 34.9 Å². The molecule has 1 aromatic carbocycles. The van der Waals surface area contributed by atoms with Crippen LogP contribution in [0, 0.1) is 11.8 Å². The molecule has 0 saturated heterocycles. The van der Waals surface area contributed by atoms with Crippen molar-refractivity contribution in [3.8, 4) is 0 Å². The topological polar surface area (TPSA) is 136 Å². The van der Waals surface area contributed by atoms with Gasteiger partial charge in [0.15, 0.2) is 5.78 Å². The molecule has 2 unspecified atom stereocenters. The van der Waals surface area contributed by atoms with Crippen LogP contribution in [0.2, 0.25) is 5.02 Å². The molecule has 0 spiro atoms. The van der Waals surface area contributed by atoms with E-state index in [9.17, 15) is 19.5 Å². The number of halogens is 1. The highest BCUT2D eigenvalue weighted by Crippen LogP contribution is 2.30. The lowest BCUT2D eigenvalue weighted by atomic mass is 9.84. The summed E-state index contributed by atoms with van der Waals surface area (Å²) in [7, 11) is 0. The number of hydrogen-bond acceptors (Lipinski definition) is 6. The number of aliphatic hydroxyl groups excluding tert-OH is 1. The zero-order valence-corrected chi connectivity index (χ0v) is 18.7. The van der Waals surface area contributed by atoms with Crippen LogP contribution in [-0.4, -0.2) is 47.8 Å². The largest absolute Gasteiger partial charge is 0.393 e. The Morgan fingerprint density at radius 1 is 1.07 bits per heavy atom. The highest BCUT2D eigenvalue weighted by Gasteiger charge is 2.33. The molecule has 0 bridgehead atoms. The molecule has 0 aliphatic rings. The van der Waals surface area contributed by atoms with Crippen LogP contribution < -0.4 is 16.8 Å². The van der Waals surface area contributed by atoms with Gasteiger partial charge in [0.05, 0.1) is 18.1 Å². The molecule has 0 aliphatic heterocycles. The van der Waals surface area contributed by atoms with Crippen LogP contribution in [0.25, 0.3) is 0 Å². The summed E-state index contributed by atoms with van der Waals surface area (Å²) in [6.45, 7) is 5.44. The van der Waals surface area contributed by atoms with Gasteiger partial charge in [-0.25, -0.2) is 0 Å². The molecule has 7 nitrogen and oxygen atoms in total. The average molecular weight is 440 g/mol. The first-order valence-corrected chi connectivity index (χ1v) is 10.7. The van der Waals surface area contributed by atoms with Crippen molar-refractivity contribution in [3.63, 3.8) is 0 Å². The fourth-order valence-electron chi connectivity index (χ4n) is 3.39. The first-order chi connectivity index (χ1) is 14.1. The highest BCUT2D eigenvalue weighted by atomic mass is 35.5. The van der Waals surface area contributed by atoms with Gasteiger partial charge in [-0.05, 0) is 44.5 Å². The number of carbonyl (C=O) groups is 3. The Morgan fingerprint density at radius 3 is 2.17 bits per heavy atom. The molecule has 1 amide bonds. The maximum Gasteiger partial charge on any atom is 0.226 e. The number of amides is 1. The lowest BCUT2D eigenvalue weighted by molar-refractivity contribution is -0.136. The minimum Gasteiger partial charge on any atom is -0.393 e. The van der Waals surface area contributed by atoms with Crippen molar-refractivity contribution in [1.82, 2.24) is 5.32 Å². The molecule has 4 atom stereocenters. The molecule has 1 aromatic rings. The Bertz CT molecular complexity index is 724. The second kappa shape index (κ2) is 12.8. The van der Waals surface area contributed by atoms with Gasteiger partial charge in [0.1, 0.15) is 5.78 Å². The van der Waals surface area contributed by atoms with Crippen molar-refractivity contribution in [1.29, 1.82) is 0 Å². The summed E-state index contributed by atoms with van der Waals surface area (Å²) in [6, 6.07) is 6.26. The van der Waals surface area contributed by atoms with Crippen LogP contribution in [0.4, 0.5) is 0 Å². The van der Waals surface area contributed by atoms with Gasteiger partial charge in [-0.15, -0.1) is 0 Å². The predicted molar refractivity (Wildman–Crippen MR) is 118 cm³/mol. The third-order valence-electron chi connectivity index (χ3n) is 5.15. The molecule has 0 aromatic heterocycles. The second-order valence-corrected chi connectivity index (χ2v) is 8.27. The van der Waals surface area contributed by atoms with Crippen LogP contribution in [0.1, 0.15) is 51.5 Å². The maximum atomic E-state index is 13.1. The van der Waals surface area contributed by atoms with E-state index in [1.54, 1.807) is 38.1 Å². The molecular weight excluding hydrogens is 406 g/mol. The Hall–Kier alpha value is -1.80. The minimum atomic E-state index is -1.08. The van der Waals surface area contributed by atoms with Crippen molar-refractivity contribution in [2.45, 2.75) is 58.1 Å². The van der Waals surface area contributed by atoms with Crippen molar-refractivity contribution in [2.75, 3.05) is 13.1 Å². The SMILES string of the molecule is CC(C)C(=O)[C@H](CCN)NC(=O)[C@@H](CC(=O)C(CCN)c1ccccc1Cl)C(C)O. The van der Waals surface area contributed by atoms with E-state index in [4.69, 9.17) is 23.1 Å². The summed E-state index contributed by atoms with van der Waals surface area (Å²) < 4.78 is 0. The second-order valence-electron chi connectivity index (χ2n) is 7.86. The molecule has 0 aliphatic carbocycles. The molecule has 0 fully saturated rings. The van der Waals surface area contributed by atoms with E-state index in [0.29, 0.717) is 23.4 Å². The van der Waals surface area contributed by atoms with Crippen LogP contribution in [-0.2, 0) is 14.4 Å².